The van der Waals surface area contributed by atoms with Crippen LogP contribution in [0, 0.1) is 10.8 Å². The Kier molecular flexibility index (Phi) is 4.66. The van der Waals surface area contributed by atoms with E-state index in [9.17, 15) is 0 Å². The Morgan fingerprint density at radius 2 is 1.79 bits per heavy atom. The summed E-state index contributed by atoms with van der Waals surface area (Å²) in [5.41, 5.74) is 6.90. The third-order valence-electron chi connectivity index (χ3n) is 2.55. The Bertz CT molecular complexity index is 193. The molecule has 2 N–H and O–H groups in total. The van der Waals surface area contributed by atoms with Gasteiger partial charge in [-0.3, -0.25) is 0 Å². The Labute approximate surface area is 88.5 Å². The molecule has 0 radical (unpaired) electrons. The van der Waals surface area contributed by atoms with Gasteiger partial charge in [0, 0.05) is 24.8 Å². The smallest absolute Gasteiger partial charge is 0.0471 e. The van der Waals surface area contributed by atoms with Gasteiger partial charge in [0.25, 0.3) is 0 Å². The summed E-state index contributed by atoms with van der Waals surface area (Å²) in [7, 11) is 1.72. The molecular formula is C12H25NO. The molecule has 0 amide bonds. The number of rotatable bonds is 5. The molecule has 0 aliphatic carbocycles. The molecule has 0 spiro atoms. The first-order chi connectivity index (χ1) is 6.21. The van der Waals surface area contributed by atoms with Crippen LogP contribution >= 0.6 is 0 Å². The van der Waals surface area contributed by atoms with Gasteiger partial charge >= 0.3 is 0 Å². The zero-order valence-electron chi connectivity index (χ0n) is 10.3. The van der Waals surface area contributed by atoms with E-state index in [2.05, 4.69) is 34.3 Å². The van der Waals surface area contributed by atoms with Crippen LogP contribution in [0.25, 0.3) is 0 Å². The van der Waals surface area contributed by atoms with Crippen molar-refractivity contribution in [3.63, 3.8) is 0 Å². The molecule has 0 aromatic carbocycles. The fraction of sp³-hybridized carbons (Fsp3) is 0.833. The van der Waals surface area contributed by atoms with Crippen LogP contribution in [0.3, 0.4) is 0 Å². The fourth-order valence-electron chi connectivity index (χ4n) is 1.86. The Balaban J connectivity index is 4.48. The standard InChI is InChI=1S/C12H25NO/c1-10(13)12(5,7-8-14-6)9-11(2,3)4/h1,7-9,13H2,2-6H3. The third kappa shape index (κ3) is 4.66. The van der Waals surface area contributed by atoms with Crippen molar-refractivity contribution in [3.05, 3.63) is 12.3 Å². The predicted octanol–water partition coefficient (Wildman–Crippen LogP) is 2.94. The first-order valence-corrected chi connectivity index (χ1v) is 5.15. The number of ether oxygens (including phenoxy) is 1. The second kappa shape index (κ2) is 4.83. The lowest BCUT2D eigenvalue weighted by molar-refractivity contribution is 0.131. The average molecular weight is 199 g/mol. The van der Waals surface area contributed by atoms with E-state index in [0.29, 0.717) is 0 Å². The van der Waals surface area contributed by atoms with Gasteiger partial charge in [-0.25, -0.2) is 0 Å². The van der Waals surface area contributed by atoms with Crippen molar-refractivity contribution < 1.29 is 4.74 Å². The number of allylic oxidation sites excluding steroid dienone is 1. The fourth-order valence-corrected chi connectivity index (χ4v) is 1.86. The maximum Gasteiger partial charge on any atom is 0.0471 e. The second-order valence-corrected chi connectivity index (χ2v) is 5.57. The van der Waals surface area contributed by atoms with Crippen molar-refractivity contribution >= 4 is 0 Å². The molecule has 84 valence electrons. The molecule has 1 atom stereocenters. The molecule has 2 heteroatoms. The van der Waals surface area contributed by atoms with Gasteiger partial charge in [0.15, 0.2) is 0 Å². The topological polar surface area (TPSA) is 35.2 Å². The Morgan fingerprint density at radius 3 is 2.07 bits per heavy atom. The van der Waals surface area contributed by atoms with Gasteiger partial charge in [-0.1, -0.05) is 34.3 Å². The van der Waals surface area contributed by atoms with E-state index in [-0.39, 0.29) is 10.8 Å². The number of hydrogen-bond acceptors (Lipinski definition) is 2. The van der Waals surface area contributed by atoms with Gasteiger partial charge in [0.1, 0.15) is 0 Å². The summed E-state index contributed by atoms with van der Waals surface area (Å²) < 4.78 is 5.11. The number of methoxy groups -OCH3 is 1. The van der Waals surface area contributed by atoms with E-state index in [4.69, 9.17) is 10.5 Å². The highest BCUT2D eigenvalue weighted by Crippen LogP contribution is 2.39. The normalized spacial score (nSPS) is 16.4. The summed E-state index contributed by atoms with van der Waals surface area (Å²) in [5.74, 6) is 0. The van der Waals surface area contributed by atoms with E-state index < -0.39 is 0 Å². The molecule has 0 saturated carbocycles. The predicted molar refractivity (Wildman–Crippen MR) is 62.0 cm³/mol. The summed E-state index contributed by atoms with van der Waals surface area (Å²) in [6, 6.07) is 0. The van der Waals surface area contributed by atoms with Crippen molar-refractivity contribution in [2.75, 3.05) is 13.7 Å². The van der Waals surface area contributed by atoms with Crippen molar-refractivity contribution in [1.29, 1.82) is 0 Å². The van der Waals surface area contributed by atoms with E-state index in [1.54, 1.807) is 7.11 Å². The first kappa shape index (κ1) is 13.5. The first-order valence-electron chi connectivity index (χ1n) is 5.15. The van der Waals surface area contributed by atoms with Crippen LogP contribution in [0.15, 0.2) is 12.3 Å². The summed E-state index contributed by atoms with van der Waals surface area (Å²) in [5, 5.41) is 0. The van der Waals surface area contributed by atoms with E-state index >= 15 is 0 Å². The molecular weight excluding hydrogens is 174 g/mol. The third-order valence-corrected chi connectivity index (χ3v) is 2.55. The van der Waals surface area contributed by atoms with Crippen LogP contribution in [0.5, 0.6) is 0 Å². The molecule has 0 aromatic rings. The quantitative estimate of drug-likeness (QED) is 0.739. The minimum atomic E-state index is -0.00569. The molecule has 0 aliphatic heterocycles. The SMILES string of the molecule is C=C(N)C(C)(CCOC)CC(C)(C)C. The van der Waals surface area contributed by atoms with Crippen LogP contribution in [0.1, 0.15) is 40.5 Å². The summed E-state index contributed by atoms with van der Waals surface area (Å²) in [4.78, 5) is 0. The lowest BCUT2D eigenvalue weighted by Gasteiger charge is -2.35. The zero-order valence-corrected chi connectivity index (χ0v) is 10.3. The van der Waals surface area contributed by atoms with Gasteiger partial charge in [0.2, 0.25) is 0 Å². The maximum atomic E-state index is 5.87. The van der Waals surface area contributed by atoms with Crippen molar-refractivity contribution in [2.24, 2.45) is 16.6 Å². The van der Waals surface area contributed by atoms with Crippen molar-refractivity contribution in [3.8, 4) is 0 Å². The zero-order chi connectivity index (χ0) is 11.4. The second-order valence-electron chi connectivity index (χ2n) is 5.57. The van der Waals surface area contributed by atoms with E-state index in [1.165, 1.54) is 0 Å². The van der Waals surface area contributed by atoms with Crippen LogP contribution in [0.2, 0.25) is 0 Å². The molecule has 0 aliphatic rings. The van der Waals surface area contributed by atoms with Gasteiger partial charge in [-0.15, -0.1) is 0 Å². The molecule has 0 heterocycles. The average Bonchev–Trinajstić information content (AvgIpc) is 1.97. The minimum Gasteiger partial charge on any atom is -0.402 e. The lowest BCUT2D eigenvalue weighted by Crippen LogP contribution is -2.30. The molecule has 14 heavy (non-hydrogen) atoms. The summed E-state index contributed by atoms with van der Waals surface area (Å²) in [6.07, 6.45) is 1.98. The van der Waals surface area contributed by atoms with E-state index in [0.717, 1.165) is 25.1 Å². The van der Waals surface area contributed by atoms with Gasteiger partial charge < -0.3 is 10.5 Å². The van der Waals surface area contributed by atoms with Crippen LogP contribution < -0.4 is 5.73 Å². The molecule has 0 rings (SSSR count). The van der Waals surface area contributed by atoms with Crippen LogP contribution in [0.4, 0.5) is 0 Å². The highest BCUT2D eigenvalue weighted by atomic mass is 16.5. The Hall–Kier alpha value is -0.500. The van der Waals surface area contributed by atoms with Crippen molar-refractivity contribution in [2.45, 2.75) is 40.5 Å². The summed E-state index contributed by atoms with van der Waals surface area (Å²) >= 11 is 0. The van der Waals surface area contributed by atoms with Crippen LogP contribution in [-0.4, -0.2) is 13.7 Å². The van der Waals surface area contributed by atoms with E-state index in [1.807, 2.05) is 0 Å². The highest BCUT2D eigenvalue weighted by Gasteiger charge is 2.31. The highest BCUT2D eigenvalue weighted by molar-refractivity contribution is 5.05. The largest absolute Gasteiger partial charge is 0.402 e. The number of nitrogens with two attached hydrogens (primary N) is 1. The molecule has 1 unspecified atom stereocenters. The minimum absolute atomic E-state index is 0.00569. The molecule has 2 nitrogen and oxygen atoms in total. The number of hydrogen-bond donors (Lipinski definition) is 1. The molecule has 0 bridgehead atoms. The van der Waals surface area contributed by atoms with Crippen LogP contribution in [-0.2, 0) is 4.74 Å². The van der Waals surface area contributed by atoms with Crippen molar-refractivity contribution in [1.82, 2.24) is 0 Å². The van der Waals surface area contributed by atoms with Gasteiger partial charge in [0.05, 0.1) is 0 Å². The van der Waals surface area contributed by atoms with Gasteiger partial charge in [-0.2, -0.15) is 0 Å². The monoisotopic (exact) mass is 199 g/mol. The van der Waals surface area contributed by atoms with Gasteiger partial charge in [-0.05, 0) is 18.3 Å². The summed E-state index contributed by atoms with van der Waals surface area (Å²) in [6.45, 7) is 13.5. The molecule has 0 saturated heterocycles. The maximum absolute atomic E-state index is 5.87. The molecule has 0 fully saturated rings. The molecule has 0 aromatic heterocycles. The Morgan fingerprint density at radius 1 is 1.29 bits per heavy atom. The lowest BCUT2D eigenvalue weighted by atomic mass is 9.71.